The van der Waals surface area contributed by atoms with E-state index in [2.05, 4.69) is 15.0 Å². The molecule has 11 heteroatoms. The Labute approximate surface area is 201 Å². The van der Waals surface area contributed by atoms with Crippen LogP contribution < -0.4 is 5.32 Å². The molecule has 2 heterocycles. The van der Waals surface area contributed by atoms with Gasteiger partial charge in [0.05, 0.1) is 7.11 Å². The average molecular weight is 496 g/mol. The lowest BCUT2D eigenvalue weighted by molar-refractivity contribution is -0.140. The van der Waals surface area contributed by atoms with Crippen LogP contribution in [-0.4, -0.2) is 70.7 Å². The molecule has 2 rings (SSSR count). The van der Waals surface area contributed by atoms with Crippen molar-refractivity contribution in [3.63, 3.8) is 0 Å². The van der Waals surface area contributed by atoms with Crippen LogP contribution in [0, 0.1) is 0 Å². The van der Waals surface area contributed by atoms with Gasteiger partial charge in [-0.3, -0.25) is 14.4 Å². The number of ether oxygens (including phenoxy) is 1. The molecule has 0 radical (unpaired) electrons. The van der Waals surface area contributed by atoms with Crippen LogP contribution in [0.25, 0.3) is 0 Å². The van der Waals surface area contributed by atoms with E-state index >= 15 is 0 Å². The normalized spacial score (nSPS) is 14.9. The summed E-state index contributed by atoms with van der Waals surface area (Å²) in [6, 6.07) is 5.68. The smallest absolute Gasteiger partial charge is 0.332 e. The van der Waals surface area contributed by atoms with Crippen LogP contribution >= 0.6 is 21.6 Å². The van der Waals surface area contributed by atoms with E-state index in [1.54, 1.807) is 21.9 Å². The molecule has 0 bridgehead atoms. The number of carboxylic acid groups (broad SMARTS) is 1. The molecule has 1 aliphatic heterocycles. The lowest BCUT2D eigenvalue weighted by Gasteiger charge is -2.33. The van der Waals surface area contributed by atoms with Gasteiger partial charge in [-0.05, 0) is 49.1 Å². The summed E-state index contributed by atoms with van der Waals surface area (Å²) in [5.74, 6) is -1.46. The van der Waals surface area contributed by atoms with Crippen molar-refractivity contribution in [2.45, 2.75) is 50.1 Å². The van der Waals surface area contributed by atoms with E-state index < -0.39 is 11.9 Å². The topological polar surface area (TPSA) is 126 Å². The lowest BCUT2D eigenvalue weighted by Crippen LogP contribution is -2.47. The number of hydrogen-bond acceptors (Lipinski definition) is 8. The molecule has 0 atom stereocenters. The summed E-state index contributed by atoms with van der Waals surface area (Å²) in [6.45, 7) is 2.32. The average Bonchev–Trinajstić information content (AvgIpc) is 2.82. The van der Waals surface area contributed by atoms with E-state index in [0.717, 1.165) is 5.03 Å². The highest BCUT2D eigenvalue weighted by Crippen LogP contribution is 2.29. The van der Waals surface area contributed by atoms with Gasteiger partial charge in [0.25, 0.3) is 0 Å². The highest BCUT2D eigenvalue weighted by Gasteiger charge is 2.27. The van der Waals surface area contributed by atoms with Crippen molar-refractivity contribution < 1.29 is 29.0 Å². The van der Waals surface area contributed by atoms with E-state index in [9.17, 15) is 24.3 Å². The second kappa shape index (κ2) is 13.9. The Kier molecular flexibility index (Phi) is 11.2. The first-order valence-corrected chi connectivity index (χ1v) is 12.9. The third-order valence-corrected chi connectivity index (χ3v) is 7.45. The molecule has 1 aromatic rings. The van der Waals surface area contributed by atoms with Gasteiger partial charge in [-0.2, -0.15) is 0 Å². The molecule has 0 saturated carbocycles. The minimum Gasteiger partial charge on any atom is -0.478 e. The third-order valence-electron chi connectivity index (χ3n) is 5.18. The number of rotatable bonds is 11. The van der Waals surface area contributed by atoms with Crippen molar-refractivity contribution in [2.75, 3.05) is 26.0 Å². The van der Waals surface area contributed by atoms with Crippen LogP contribution in [0.4, 0.5) is 0 Å². The van der Waals surface area contributed by atoms with Gasteiger partial charge in [0.2, 0.25) is 11.8 Å². The first-order chi connectivity index (χ1) is 15.8. The number of nitrogens with zero attached hydrogens (tertiary/aromatic N) is 2. The maximum absolute atomic E-state index is 12.8. The number of carbonyl (C=O) groups is 4. The molecule has 0 aromatic carbocycles. The molecule has 0 unspecified atom stereocenters. The number of likely N-dealkylation sites (tertiary alicyclic amines) is 1. The van der Waals surface area contributed by atoms with E-state index in [0.29, 0.717) is 38.1 Å². The fourth-order valence-electron chi connectivity index (χ4n) is 3.31. The SMILES string of the molecule is COC(=O)CC/C(C(=O)O)=C(\C)C(=O)N1CCC(NC(=O)CCSSc2ccccn2)CC1. The number of methoxy groups -OCH3 is 1. The minimum atomic E-state index is -1.22. The summed E-state index contributed by atoms with van der Waals surface area (Å²) in [6.07, 6.45) is 3.16. The predicted octanol–water partition coefficient (Wildman–Crippen LogP) is 2.67. The van der Waals surface area contributed by atoms with Crippen LogP contribution in [0.3, 0.4) is 0 Å². The Hall–Kier alpha value is -2.53. The number of esters is 1. The number of carbonyl (C=O) groups excluding carboxylic acids is 3. The zero-order chi connectivity index (χ0) is 24.2. The summed E-state index contributed by atoms with van der Waals surface area (Å²) in [7, 11) is 4.34. The van der Waals surface area contributed by atoms with Gasteiger partial charge in [-0.25, -0.2) is 9.78 Å². The Balaban J connectivity index is 1.75. The molecule has 2 N–H and O–H groups in total. The molecular weight excluding hydrogens is 466 g/mol. The number of amides is 2. The molecular formula is C22H29N3O6S2. The molecule has 0 aliphatic carbocycles. The van der Waals surface area contributed by atoms with Gasteiger partial charge in [0.15, 0.2) is 0 Å². The number of aliphatic carboxylic acids is 1. The van der Waals surface area contributed by atoms with Crippen molar-refractivity contribution >= 4 is 45.3 Å². The van der Waals surface area contributed by atoms with E-state index in [-0.39, 0.29) is 41.8 Å². The molecule has 1 fully saturated rings. The van der Waals surface area contributed by atoms with Gasteiger partial charge in [0.1, 0.15) is 5.03 Å². The number of pyridine rings is 1. The van der Waals surface area contributed by atoms with Crippen molar-refractivity contribution in [1.82, 2.24) is 15.2 Å². The number of nitrogens with one attached hydrogen (secondary N) is 1. The highest BCUT2D eigenvalue weighted by atomic mass is 33.1. The molecule has 1 aliphatic rings. The number of piperidine rings is 1. The Morgan fingerprint density at radius 3 is 2.52 bits per heavy atom. The van der Waals surface area contributed by atoms with Crippen LogP contribution in [-0.2, 0) is 23.9 Å². The summed E-state index contributed by atoms with van der Waals surface area (Å²) in [4.78, 5) is 53.7. The molecule has 180 valence electrons. The first-order valence-electron chi connectivity index (χ1n) is 10.6. The quantitative estimate of drug-likeness (QED) is 0.206. The number of aromatic nitrogens is 1. The van der Waals surface area contributed by atoms with Crippen molar-refractivity contribution in [3.05, 3.63) is 35.5 Å². The lowest BCUT2D eigenvalue weighted by atomic mass is 10.0. The maximum Gasteiger partial charge on any atom is 0.332 e. The minimum absolute atomic E-state index is 0.0162. The van der Waals surface area contributed by atoms with E-state index in [1.807, 2.05) is 18.2 Å². The summed E-state index contributed by atoms with van der Waals surface area (Å²) in [5.41, 5.74) is 0.0400. The third kappa shape index (κ3) is 9.09. The van der Waals surface area contributed by atoms with Crippen LogP contribution in [0.15, 0.2) is 40.6 Å². The molecule has 1 saturated heterocycles. The zero-order valence-corrected chi connectivity index (χ0v) is 20.4. The second-order valence-corrected chi connectivity index (χ2v) is 9.88. The van der Waals surface area contributed by atoms with E-state index in [1.165, 1.54) is 24.8 Å². The molecule has 33 heavy (non-hydrogen) atoms. The molecule has 1 aromatic heterocycles. The number of hydrogen-bond donors (Lipinski definition) is 2. The Bertz CT molecular complexity index is 870. The predicted molar refractivity (Wildman–Crippen MR) is 126 cm³/mol. The van der Waals surface area contributed by atoms with E-state index in [4.69, 9.17) is 0 Å². The fraction of sp³-hybridized carbons (Fsp3) is 0.500. The van der Waals surface area contributed by atoms with Gasteiger partial charge in [-0.1, -0.05) is 16.9 Å². The standard InChI is InChI=1S/C22H29N3O6S2/c1-15(17(22(29)30)6-7-20(27)31-2)21(28)25-12-8-16(9-13-25)24-18(26)10-14-32-33-19-5-3-4-11-23-19/h3-5,11,16H,6-10,12-14H2,1-2H3,(H,24,26)(H,29,30)/b17-15-. The molecule has 0 spiro atoms. The van der Waals surface area contributed by atoms with Gasteiger partial charge in [-0.15, -0.1) is 0 Å². The van der Waals surface area contributed by atoms with Gasteiger partial charge in [0, 0.05) is 55.1 Å². The first kappa shape index (κ1) is 26.7. The fourth-order valence-corrected chi connectivity index (χ4v) is 5.18. The molecule has 9 nitrogen and oxygen atoms in total. The maximum atomic E-state index is 12.8. The summed E-state index contributed by atoms with van der Waals surface area (Å²) >= 11 is 0. The van der Waals surface area contributed by atoms with Crippen LogP contribution in [0.1, 0.15) is 39.0 Å². The largest absolute Gasteiger partial charge is 0.478 e. The second-order valence-electron chi connectivity index (χ2n) is 7.44. The summed E-state index contributed by atoms with van der Waals surface area (Å²) in [5, 5.41) is 13.4. The Morgan fingerprint density at radius 1 is 1.18 bits per heavy atom. The molecule has 2 amide bonds. The van der Waals surface area contributed by atoms with Crippen molar-refractivity contribution in [1.29, 1.82) is 0 Å². The highest BCUT2D eigenvalue weighted by molar-refractivity contribution is 8.76. The van der Waals surface area contributed by atoms with Crippen LogP contribution in [0.2, 0.25) is 0 Å². The van der Waals surface area contributed by atoms with Crippen molar-refractivity contribution in [3.8, 4) is 0 Å². The monoisotopic (exact) mass is 495 g/mol. The summed E-state index contributed by atoms with van der Waals surface area (Å²) < 4.78 is 4.54. The van der Waals surface area contributed by atoms with Crippen LogP contribution in [0.5, 0.6) is 0 Å². The van der Waals surface area contributed by atoms with Gasteiger partial charge >= 0.3 is 11.9 Å². The van der Waals surface area contributed by atoms with Crippen molar-refractivity contribution in [2.24, 2.45) is 0 Å². The Morgan fingerprint density at radius 2 is 1.91 bits per heavy atom. The van der Waals surface area contributed by atoms with Gasteiger partial charge < -0.3 is 20.1 Å². The number of carboxylic acids is 1. The zero-order valence-electron chi connectivity index (χ0n) is 18.7.